The topological polar surface area (TPSA) is 74.3 Å². The van der Waals surface area contributed by atoms with Gasteiger partial charge in [-0.2, -0.15) is 5.26 Å². The van der Waals surface area contributed by atoms with Crippen molar-refractivity contribution in [2.24, 2.45) is 0 Å². The SMILES string of the molecule is CCc1nc(C#N)c(NCC(c2ccccc2)N2CCOCC2)o1. The van der Waals surface area contributed by atoms with Crippen LogP contribution in [0.2, 0.25) is 0 Å². The molecule has 6 nitrogen and oxygen atoms in total. The highest BCUT2D eigenvalue weighted by atomic mass is 16.5. The quantitative estimate of drug-likeness (QED) is 0.879. The van der Waals surface area contributed by atoms with Crippen molar-refractivity contribution in [1.29, 1.82) is 5.26 Å². The third-order valence-corrected chi connectivity index (χ3v) is 4.21. The van der Waals surface area contributed by atoms with E-state index in [0.717, 1.165) is 26.3 Å². The molecular formula is C18H22N4O2. The largest absolute Gasteiger partial charge is 0.424 e. The van der Waals surface area contributed by atoms with Crippen LogP contribution in [0.25, 0.3) is 0 Å². The van der Waals surface area contributed by atoms with Gasteiger partial charge in [0.15, 0.2) is 5.89 Å². The molecule has 126 valence electrons. The number of hydrogen-bond acceptors (Lipinski definition) is 6. The molecule has 0 aliphatic carbocycles. The first-order valence-electron chi connectivity index (χ1n) is 8.32. The zero-order valence-corrected chi connectivity index (χ0v) is 13.9. The number of hydrogen-bond donors (Lipinski definition) is 1. The molecule has 2 aromatic rings. The van der Waals surface area contributed by atoms with E-state index in [1.165, 1.54) is 5.56 Å². The van der Waals surface area contributed by atoms with Gasteiger partial charge in [-0.15, -0.1) is 0 Å². The minimum absolute atomic E-state index is 0.191. The average molecular weight is 326 g/mol. The molecule has 1 N–H and O–H groups in total. The van der Waals surface area contributed by atoms with Gasteiger partial charge in [-0.1, -0.05) is 37.3 Å². The maximum absolute atomic E-state index is 9.22. The molecule has 0 saturated carbocycles. The van der Waals surface area contributed by atoms with Crippen LogP contribution in [0.1, 0.15) is 30.1 Å². The Morgan fingerprint density at radius 3 is 2.71 bits per heavy atom. The van der Waals surface area contributed by atoms with Crippen LogP contribution in [0.4, 0.5) is 5.88 Å². The van der Waals surface area contributed by atoms with Gasteiger partial charge in [0, 0.05) is 26.1 Å². The predicted octanol–water partition coefficient (Wildman–Crippen LogP) is 2.59. The minimum atomic E-state index is 0.191. The number of morpholine rings is 1. The van der Waals surface area contributed by atoms with Crippen molar-refractivity contribution >= 4 is 5.88 Å². The molecule has 0 bridgehead atoms. The summed E-state index contributed by atoms with van der Waals surface area (Å²) in [6.07, 6.45) is 0.669. The summed E-state index contributed by atoms with van der Waals surface area (Å²) >= 11 is 0. The Bertz CT molecular complexity index is 687. The maximum atomic E-state index is 9.22. The van der Waals surface area contributed by atoms with E-state index in [0.29, 0.717) is 30.4 Å². The Labute approximate surface area is 142 Å². The summed E-state index contributed by atoms with van der Waals surface area (Å²) in [6, 6.07) is 12.7. The molecule has 1 unspecified atom stereocenters. The van der Waals surface area contributed by atoms with E-state index < -0.39 is 0 Å². The van der Waals surface area contributed by atoms with Gasteiger partial charge < -0.3 is 14.5 Å². The number of aromatic nitrogens is 1. The number of rotatable bonds is 6. The third-order valence-electron chi connectivity index (χ3n) is 4.21. The van der Waals surface area contributed by atoms with Gasteiger partial charge in [-0.3, -0.25) is 4.90 Å². The van der Waals surface area contributed by atoms with Crippen LogP contribution in [0.3, 0.4) is 0 Å². The molecule has 1 fully saturated rings. The number of nitrogens with one attached hydrogen (secondary N) is 1. The monoisotopic (exact) mass is 326 g/mol. The molecule has 1 aromatic carbocycles. The van der Waals surface area contributed by atoms with E-state index in [1.807, 2.05) is 25.1 Å². The molecule has 0 radical (unpaired) electrons. The van der Waals surface area contributed by atoms with Gasteiger partial charge in [-0.25, -0.2) is 4.98 Å². The fourth-order valence-corrected chi connectivity index (χ4v) is 2.92. The highest BCUT2D eigenvalue weighted by Gasteiger charge is 2.23. The lowest BCUT2D eigenvalue weighted by molar-refractivity contribution is 0.0186. The van der Waals surface area contributed by atoms with Crippen molar-refractivity contribution in [3.05, 3.63) is 47.5 Å². The van der Waals surface area contributed by atoms with Crippen LogP contribution >= 0.6 is 0 Å². The number of nitrogens with zero attached hydrogens (tertiary/aromatic N) is 3. The van der Waals surface area contributed by atoms with Gasteiger partial charge in [0.2, 0.25) is 11.6 Å². The van der Waals surface area contributed by atoms with Crippen molar-refractivity contribution in [2.45, 2.75) is 19.4 Å². The molecule has 0 amide bonds. The van der Waals surface area contributed by atoms with E-state index in [9.17, 15) is 5.26 Å². The average Bonchev–Trinajstić information content (AvgIpc) is 3.06. The highest BCUT2D eigenvalue weighted by molar-refractivity contribution is 5.45. The van der Waals surface area contributed by atoms with E-state index in [4.69, 9.17) is 9.15 Å². The zero-order valence-electron chi connectivity index (χ0n) is 13.9. The van der Waals surface area contributed by atoms with Crippen molar-refractivity contribution < 1.29 is 9.15 Å². The molecule has 1 aliphatic heterocycles. The van der Waals surface area contributed by atoms with E-state index in [1.54, 1.807) is 0 Å². The van der Waals surface area contributed by atoms with Gasteiger partial charge in [0.05, 0.1) is 19.3 Å². The first-order chi connectivity index (χ1) is 11.8. The van der Waals surface area contributed by atoms with Crippen molar-refractivity contribution in [1.82, 2.24) is 9.88 Å². The van der Waals surface area contributed by atoms with Crippen LogP contribution in [0, 0.1) is 11.3 Å². The maximum Gasteiger partial charge on any atom is 0.232 e. The molecule has 3 rings (SSSR count). The Morgan fingerprint density at radius 2 is 2.04 bits per heavy atom. The Kier molecular flexibility index (Phi) is 5.47. The number of oxazole rings is 1. The Morgan fingerprint density at radius 1 is 1.29 bits per heavy atom. The van der Waals surface area contributed by atoms with E-state index in [2.05, 4.69) is 33.4 Å². The van der Waals surface area contributed by atoms with Gasteiger partial charge in [-0.05, 0) is 5.56 Å². The lowest BCUT2D eigenvalue weighted by Gasteiger charge is -2.34. The molecule has 0 spiro atoms. The standard InChI is InChI=1S/C18H22N4O2/c1-2-17-21-15(12-19)18(24-17)20-13-16(14-6-4-3-5-7-14)22-8-10-23-11-9-22/h3-7,16,20H,2,8-11,13H2,1H3. The minimum Gasteiger partial charge on any atom is -0.424 e. The molecular weight excluding hydrogens is 304 g/mol. The fraction of sp³-hybridized carbons (Fsp3) is 0.444. The second kappa shape index (κ2) is 7.95. The summed E-state index contributed by atoms with van der Waals surface area (Å²) in [4.78, 5) is 6.58. The van der Waals surface area contributed by atoms with Crippen molar-refractivity contribution in [3.63, 3.8) is 0 Å². The van der Waals surface area contributed by atoms with Crippen LogP contribution in [0.15, 0.2) is 34.7 Å². The highest BCUT2D eigenvalue weighted by Crippen LogP contribution is 2.24. The number of anilines is 1. The normalized spacial score (nSPS) is 16.5. The predicted molar refractivity (Wildman–Crippen MR) is 90.7 cm³/mol. The van der Waals surface area contributed by atoms with Crippen molar-refractivity contribution in [2.75, 3.05) is 38.2 Å². The molecule has 1 saturated heterocycles. The van der Waals surface area contributed by atoms with E-state index in [-0.39, 0.29) is 6.04 Å². The molecule has 1 atom stereocenters. The van der Waals surface area contributed by atoms with Gasteiger partial charge in [0.25, 0.3) is 0 Å². The summed E-state index contributed by atoms with van der Waals surface area (Å²) in [5.41, 5.74) is 1.56. The summed E-state index contributed by atoms with van der Waals surface area (Å²) in [6.45, 7) is 5.88. The van der Waals surface area contributed by atoms with Crippen LogP contribution in [-0.4, -0.2) is 42.7 Å². The molecule has 1 aromatic heterocycles. The lowest BCUT2D eigenvalue weighted by atomic mass is 10.0. The molecule has 24 heavy (non-hydrogen) atoms. The Hall–Kier alpha value is -2.36. The first-order valence-corrected chi connectivity index (χ1v) is 8.32. The van der Waals surface area contributed by atoms with Crippen LogP contribution in [-0.2, 0) is 11.2 Å². The number of ether oxygens (including phenoxy) is 1. The van der Waals surface area contributed by atoms with Gasteiger partial charge >= 0.3 is 0 Å². The summed E-state index contributed by atoms with van der Waals surface area (Å²) < 4.78 is 11.1. The molecule has 6 heteroatoms. The third kappa shape index (κ3) is 3.75. The second-order valence-electron chi connectivity index (χ2n) is 5.71. The molecule has 1 aliphatic rings. The van der Waals surface area contributed by atoms with Crippen molar-refractivity contribution in [3.8, 4) is 6.07 Å². The van der Waals surface area contributed by atoms with E-state index >= 15 is 0 Å². The number of benzene rings is 1. The smallest absolute Gasteiger partial charge is 0.232 e. The second-order valence-corrected chi connectivity index (χ2v) is 5.71. The lowest BCUT2D eigenvalue weighted by Crippen LogP contribution is -2.41. The Balaban J connectivity index is 1.77. The van der Waals surface area contributed by atoms with Crippen LogP contribution in [0.5, 0.6) is 0 Å². The van der Waals surface area contributed by atoms with Gasteiger partial charge in [0.1, 0.15) is 6.07 Å². The first kappa shape index (κ1) is 16.5. The fourth-order valence-electron chi connectivity index (χ4n) is 2.92. The van der Waals surface area contributed by atoms with Crippen LogP contribution < -0.4 is 5.32 Å². The summed E-state index contributed by atoms with van der Waals surface area (Å²) in [7, 11) is 0. The summed E-state index contributed by atoms with van der Waals surface area (Å²) in [5.74, 6) is 1.04. The number of nitriles is 1. The number of aryl methyl sites for hydroxylation is 1. The summed E-state index contributed by atoms with van der Waals surface area (Å²) in [5, 5.41) is 12.5. The zero-order chi connectivity index (χ0) is 16.8. The molecule has 2 heterocycles.